The molecule has 0 saturated carbocycles. The largest absolute Gasteiger partial charge is 0.494 e. The summed E-state index contributed by atoms with van der Waals surface area (Å²) >= 11 is 0. The summed E-state index contributed by atoms with van der Waals surface area (Å²) in [6, 6.07) is 6.36. The molecule has 0 spiro atoms. The van der Waals surface area contributed by atoms with Gasteiger partial charge in [0.1, 0.15) is 5.75 Å². The molecule has 86 valence electrons. The number of aryl methyl sites for hydroxylation is 2. The van der Waals surface area contributed by atoms with Crippen LogP contribution in [0, 0.1) is 13.8 Å². The van der Waals surface area contributed by atoms with E-state index in [0.717, 1.165) is 18.8 Å². The fourth-order valence-electron chi connectivity index (χ4n) is 1.56. The molecule has 0 unspecified atom stereocenters. The van der Waals surface area contributed by atoms with E-state index < -0.39 is 0 Å². The smallest absolute Gasteiger partial charge is 0.119 e. The lowest BCUT2D eigenvalue weighted by Crippen LogP contribution is -1.97. The maximum atomic E-state index is 5.67. The van der Waals surface area contributed by atoms with Gasteiger partial charge in [0.15, 0.2) is 0 Å². The van der Waals surface area contributed by atoms with Crippen LogP contribution < -0.4 is 4.74 Å². The maximum absolute atomic E-state index is 5.67. The normalized spacial score (nSPS) is 9.53. The van der Waals surface area contributed by atoms with E-state index in [1.165, 1.54) is 24.0 Å². The average molecular weight is 210 g/mol. The standard InChI is InChI=1S/C13H20O.H2O/c1-4-5-6-7-14-13-9-11(2)8-12(3)10-13;/h8-10H,4-7H2,1-3H3;1H2. The van der Waals surface area contributed by atoms with Crippen LogP contribution in [-0.4, -0.2) is 12.1 Å². The van der Waals surface area contributed by atoms with Gasteiger partial charge in [-0.15, -0.1) is 0 Å². The first kappa shape index (κ1) is 14.0. The number of benzene rings is 1. The van der Waals surface area contributed by atoms with Gasteiger partial charge in [0.25, 0.3) is 0 Å². The van der Waals surface area contributed by atoms with Gasteiger partial charge in [-0.1, -0.05) is 25.8 Å². The number of unbranched alkanes of at least 4 members (excludes halogenated alkanes) is 2. The van der Waals surface area contributed by atoms with Crippen LogP contribution in [0.15, 0.2) is 18.2 Å². The average Bonchev–Trinajstić information content (AvgIpc) is 2.11. The molecule has 15 heavy (non-hydrogen) atoms. The van der Waals surface area contributed by atoms with Crippen molar-refractivity contribution in [3.05, 3.63) is 29.3 Å². The topological polar surface area (TPSA) is 40.7 Å². The highest BCUT2D eigenvalue weighted by Gasteiger charge is 1.96. The van der Waals surface area contributed by atoms with Crippen LogP contribution in [0.2, 0.25) is 0 Å². The lowest BCUT2D eigenvalue weighted by Gasteiger charge is -2.07. The van der Waals surface area contributed by atoms with Crippen molar-refractivity contribution in [3.63, 3.8) is 0 Å². The Balaban J connectivity index is 0.00000196. The molecule has 0 aliphatic carbocycles. The van der Waals surface area contributed by atoms with Crippen LogP contribution in [-0.2, 0) is 0 Å². The molecule has 0 aliphatic rings. The van der Waals surface area contributed by atoms with E-state index in [4.69, 9.17) is 4.74 Å². The van der Waals surface area contributed by atoms with Crippen molar-refractivity contribution in [2.24, 2.45) is 0 Å². The van der Waals surface area contributed by atoms with Crippen LogP contribution in [0.1, 0.15) is 37.3 Å². The molecule has 2 nitrogen and oxygen atoms in total. The SMILES string of the molecule is CCCCCOc1cc(C)cc(C)c1.O. The second kappa shape index (κ2) is 7.30. The minimum Gasteiger partial charge on any atom is -0.494 e. The van der Waals surface area contributed by atoms with E-state index in [-0.39, 0.29) is 5.48 Å². The summed E-state index contributed by atoms with van der Waals surface area (Å²) in [4.78, 5) is 0. The molecular weight excluding hydrogens is 188 g/mol. The first-order chi connectivity index (χ1) is 6.72. The summed E-state index contributed by atoms with van der Waals surface area (Å²) < 4.78 is 5.67. The van der Waals surface area contributed by atoms with Gasteiger partial charge in [0.05, 0.1) is 6.61 Å². The molecule has 0 aliphatic heterocycles. The van der Waals surface area contributed by atoms with E-state index in [9.17, 15) is 0 Å². The molecule has 2 N–H and O–H groups in total. The minimum atomic E-state index is 0. The van der Waals surface area contributed by atoms with Crippen LogP contribution in [0.25, 0.3) is 0 Å². The molecule has 0 radical (unpaired) electrons. The monoisotopic (exact) mass is 210 g/mol. The van der Waals surface area contributed by atoms with Gasteiger partial charge in [-0.25, -0.2) is 0 Å². The van der Waals surface area contributed by atoms with Crippen LogP contribution in [0.4, 0.5) is 0 Å². The van der Waals surface area contributed by atoms with E-state index in [0.29, 0.717) is 0 Å². The zero-order valence-corrected chi connectivity index (χ0v) is 9.97. The molecular formula is C13H22O2. The molecule has 1 aromatic carbocycles. The van der Waals surface area contributed by atoms with Crippen molar-refractivity contribution in [2.45, 2.75) is 40.0 Å². The van der Waals surface area contributed by atoms with Gasteiger partial charge < -0.3 is 10.2 Å². The zero-order chi connectivity index (χ0) is 10.4. The fourth-order valence-corrected chi connectivity index (χ4v) is 1.56. The number of rotatable bonds is 5. The van der Waals surface area contributed by atoms with Crippen molar-refractivity contribution < 1.29 is 10.2 Å². The van der Waals surface area contributed by atoms with Gasteiger partial charge in [-0.05, 0) is 43.5 Å². The Kier molecular flexibility index (Phi) is 6.80. The number of ether oxygens (including phenoxy) is 1. The molecule has 0 aromatic heterocycles. The Morgan fingerprint density at radius 2 is 1.60 bits per heavy atom. The lowest BCUT2D eigenvalue weighted by molar-refractivity contribution is 0.306. The van der Waals surface area contributed by atoms with E-state index in [1.54, 1.807) is 0 Å². The van der Waals surface area contributed by atoms with Crippen molar-refractivity contribution in [1.29, 1.82) is 0 Å². The molecule has 1 rings (SSSR count). The molecule has 0 amide bonds. The molecule has 0 saturated heterocycles. The first-order valence-corrected chi connectivity index (χ1v) is 5.43. The van der Waals surface area contributed by atoms with Gasteiger partial charge >= 0.3 is 0 Å². The predicted octanol–water partition coefficient (Wildman–Crippen LogP) is 3.05. The third-order valence-electron chi connectivity index (χ3n) is 2.21. The number of hydrogen-bond donors (Lipinski definition) is 0. The van der Waals surface area contributed by atoms with Gasteiger partial charge in [-0.2, -0.15) is 0 Å². The molecule has 0 atom stereocenters. The third-order valence-corrected chi connectivity index (χ3v) is 2.21. The molecule has 2 heteroatoms. The third kappa shape index (κ3) is 5.43. The zero-order valence-electron chi connectivity index (χ0n) is 9.97. The van der Waals surface area contributed by atoms with Crippen molar-refractivity contribution in [1.82, 2.24) is 0 Å². The van der Waals surface area contributed by atoms with Gasteiger partial charge in [-0.3, -0.25) is 0 Å². The summed E-state index contributed by atoms with van der Waals surface area (Å²) in [5.41, 5.74) is 2.55. The summed E-state index contributed by atoms with van der Waals surface area (Å²) in [5, 5.41) is 0. The molecule has 0 bridgehead atoms. The Morgan fingerprint density at radius 1 is 1.00 bits per heavy atom. The predicted molar refractivity (Wildman–Crippen MR) is 64.5 cm³/mol. The second-order valence-corrected chi connectivity index (χ2v) is 3.88. The summed E-state index contributed by atoms with van der Waals surface area (Å²) in [5.74, 6) is 1.01. The Bertz CT molecular complexity index is 262. The van der Waals surface area contributed by atoms with E-state index in [2.05, 4.69) is 39.0 Å². The first-order valence-electron chi connectivity index (χ1n) is 5.43. The maximum Gasteiger partial charge on any atom is 0.119 e. The highest BCUT2D eigenvalue weighted by atomic mass is 16.5. The van der Waals surface area contributed by atoms with Gasteiger partial charge in [0, 0.05) is 0 Å². The van der Waals surface area contributed by atoms with Gasteiger partial charge in [0.2, 0.25) is 0 Å². The Morgan fingerprint density at radius 3 is 2.13 bits per heavy atom. The minimum absolute atomic E-state index is 0. The Labute approximate surface area is 92.6 Å². The van der Waals surface area contributed by atoms with Crippen molar-refractivity contribution >= 4 is 0 Å². The van der Waals surface area contributed by atoms with Crippen molar-refractivity contribution in [3.8, 4) is 5.75 Å². The van der Waals surface area contributed by atoms with E-state index in [1.807, 2.05) is 0 Å². The summed E-state index contributed by atoms with van der Waals surface area (Å²) in [6.07, 6.45) is 3.66. The second-order valence-electron chi connectivity index (χ2n) is 3.88. The lowest BCUT2D eigenvalue weighted by atomic mass is 10.1. The highest BCUT2D eigenvalue weighted by Crippen LogP contribution is 2.16. The quantitative estimate of drug-likeness (QED) is 0.688. The highest BCUT2D eigenvalue weighted by molar-refractivity contribution is 5.32. The number of hydrogen-bond acceptors (Lipinski definition) is 1. The summed E-state index contributed by atoms with van der Waals surface area (Å²) in [7, 11) is 0. The Hall–Kier alpha value is -1.02. The fraction of sp³-hybridized carbons (Fsp3) is 0.538. The van der Waals surface area contributed by atoms with Crippen LogP contribution >= 0.6 is 0 Å². The van der Waals surface area contributed by atoms with Crippen LogP contribution in [0.5, 0.6) is 5.75 Å². The van der Waals surface area contributed by atoms with Crippen LogP contribution in [0.3, 0.4) is 0 Å². The molecule has 0 heterocycles. The summed E-state index contributed by atoms with van der Waals surface area (Å²) in [6.45, 7) is 7.26. The molecule has 1 aromatic rings. The molecule has 0 fully saturated rings. The van der Waals surface area contributed by atoms with Crippen molar-refractivity contribution in [2.75, 3.05) is 6.61 Å². The van der Waals surface area contributed by atoms with E-state index >= 15 is 0 Å².